The molecule has 0 fully saturated rings. The van der Waals surface area contributed by atoms with Crippen LogP contribution in [0.25, 0.3) is 0 Å². The van der Waals surface area contributed by atoms with Gasteiger partial charge in [-0.2, -0.15) is 9.36 Å². The van der Waals surface area contributed by atoms with Crippen molar-refractivity contribution in [1.29, 1.82) is 0 Å². The number of rotatable bonds is 7. The summed E-state index contributed by atoms with van der Waals surface area (Å²) in [5.74, 6) is 0.874. The van der Waals surface area contributed by atoms with Crippen LogP contribution in [0.3, 0.4) is 0 Å². The van der Waals surface area contributed by atoms with Crippen molar-refractivity contribution in [2.45, 2.75) is 10.9 Å². The van der Waals surface area contributed by atoms with Crippen LogP contribution in [-0.4, -0.2) is 21.7 Å². The summed E-state index contributed by atoms with van der Waals surface area (Å²) in [5.41, 5.74) is 1.93. The third kappa shape index (κ3) is 4.64. The molecule has 0 amide bonds. The lowest BCUT2D eigenvalue weighted by Crippen LogP contribution is -2.13. The number of carbonyl (C=O) groups excluding carboxylic acids is 1. The third-order valence-electron chi connectivity index (χ3n) is 3.11. The van der Waals surface area contributed by atoms with Crippen molar-refractivity contribution in [3.05, 3.63) is 71.8 Å². The van der Waals surface area contributed by atoms with Gasteiger partial charge in [0.15, 0.2) is 5.78 Å². The molecule has 0 aliphatic heterocycles. The molecule has 0 bridgehead atoms. The Morgan fingerprint density at radius 3 is 2.48 bits per heavy atom. The highest BCUT2D eigenvalue weighted by atomic mass is 32.2. The van der Waals surface area contributed by atoms with E-state index < -0.39 is 0 Å². The lowest BCUT2D eigenvalue weighted by atomic mass is 10.1. The maximum atomic E-state index is 12.0. The number of ketones is 1. The van der Waals surface area contributed by atoms with E-state index in [1.807, 2.05) is 48.5 Å². The topological polar surface area (TPSA) is 54.9 Å². The molecule has 4 nitrogen and oxygen atoms in total. The average Bonchev–Trinajstić information content (AvgIpc) is 3.07. The second-order valence-electron chi connectivity index (χ2n) is 4.80. The van der Waals surface area contributed by atoms with Crippen LogP contribution in [0.5, 0.6) is 0 Å². The normalized spacial score (nSPS) is 10.4. The molecule has 0 saturated carbocycles. The van der Waals surface area contributed by atoms with E-state index in [2.05, 4.69) is 26.8 Å². The van der Waals surface area contributed by atoms with Crippen LogP contribution in [0.2, 0.25) is 0 Å². The molecule has 0 spiro atoms. The van der Waals surface area contributed by atoms with Gasteiger partial charge in [0.25, 0.3) is 0 Å². The fourth-order valence-corrected chi connectivity index (χ4v) is 3.44. The van der Waals surface area contributed by atoms with Crippen molar-refractivity contribution in [2.24, 2.45) is 0 Å². The summed E-state index contributed by atoms with van der Waals surface area (Å²) >= 11 is 2.86. The summed E-state index contributed by atoms with van der Waals surface area (Å²) in [7, 11) is 0. The molecular weight excluding hydrogens is 326 g/mol. The van der Waals surface area contributed by atoms with Gasteiger partial charge in [0.2, 0.25) is 10.3 Å². The van der Waals surface area contributed by atoms with Gasteiger partial charge in [0.1, 0.15) is 0 Å². The van der Waals surface area contributed by atoms with Crippen LogP contribution in [0, 0.1) is 0 Å². The van der Waals surface area contributed by atoms with Gasteiger partial charge in [0.05, 0.1) is 6.54 Å². The second-order valence-corrected chi connectivity index (χ2v) is 6.49. The number of aromatic nitrogens is 2. The fourth-order valence-electron chi connectivity index (χ4n) is 1.94. The maximum absolute atomic E-state index is 12.0. The highest BCUT2D eigenvalue weighted by Crippen LogP contribution is 2.23. The zero-order valence-corrected chi connectivity index (χ0v) is 13.9. The largest absolute Gasteiger partial charge is 0.353 e. The summed E-state index contributed by atoms with van der Waals surface area (Å²) in [4.78, 5) is 16.4. The molecule has 1 heterocycles. The van der Waals surface area contributed by atoms with Crippen LogP contribution in [-0.2, 0) is 5.75 Å². The number of nitrogens with one attached hydrogen (secondary N) is 1. The van der Waals surface area contributed by atoms with Crippen molar-refractivity contribution in [3.63, 3.8) is 0 Å². The summed E-state index contributed by atoms with van der Waals surface area (Å²) in [5, 5.41) is 4.44. The van der Waals surface area contributed by atoms with E-state index in [0.29, 0.717) is 10.7 Å². The zero-order valence-electron chi connectivity index (χ0n) is 12.3. The van der Waals surface area contributed by atoms with Crippen LogP contribution in [0.15, 0.2) is 65.8 Å². The number of hydrogen-bond acceptors (Lipinski definition) is 6. The summed E-state index contributed by atoms with van der Waals surface area (Å²) in [6.07, 6.45) is 0. The van der Waals surface area contributed by atoms with Gasteiger partial charge in [-0.05, 0) is 5.56 Å². The fraction of sp³-hybridized carbons (Fsp3) is 0.118. The molecule has 6 heteroatoms. The van der Waals surface area contributed by atoms with Crippen LogP contribution in [0.1, 0.15) is 15.9 Å². The van der Waals surface area contributed by atoms with Crippen molar-refractivity contribution >= 4 is 34.2 Å². The second kappa shape index (κ2) is 7.89. The molecular formula is C17H15N3OS2. The highest BCUT2D eigenvalue weighted by Gasteiger charge is 2.08. The van der Waals surface area contributed by atoms with Crippen LogP contribution >= 0.6 is 23.3 Å². The van der Waals surface area contributed by atoms with Crippen molar-refractivity contribution in [3.8, 4) is 0 Å². The van der Waals surface area contributed by atoms with E-state index >= 15 is 0 Å². The minimum atomic E-state index is 0.0410. The molecule has 0 aliphatic rings. The third-order valence-corrected chi connectivity index (χ3v) is 4.82. The Kier molecular flexibility index (Phi) is 5.39. The molecule has 23 heavy (non-hydrogen) atoms. The first-order chi connectivity index (χ1) is 11.3. The summed E-state index contributed by atoms with van der Waals surface area (Å²) in [6, 6.07) is 19.4. The molecule has 0 radical (unpaired) electrons. The van der Waals surface area contributed by atoms with Crippen molar-refractivity contribution < 1.29 is 4.79 Å². The molecule has 1 N–H and O–H groups in total. The minimum absolute atomic E-state index is 0.0410. The Labute approximate surface area is 143 Å². The van der Waals surface area contributed by atoms with Gasteiger partial charge in [-0.1, -0.05) is 72.4 Å². The molecule has 3 rings (SSSR count). The van der Waals surface area contributed by atoms with Gasteiger partial charge in [0, 0.05) is 22.8 Å². The first-order valence-electron chi connectivity index (χ1n) is 7.14. The van der Waals surface area contributed by atoms with Crippen LogP contribution in [0.4, 0.5) is 5.13 Å². The number of nitrogens with zero attached hydrogens (tertiary/aromatic N) is 2. The molecule has 0 saturated heterocycles. The summed E-state index contributed by atoms with van der Waals surface area (Å²) < 4.78 is 4.30. The number of anilines is 1. The molecule has 3 aromatic rings. The predicted octanol–water partition coefficient (Wildman–Crippen LogP) is 4.13. The van der Waals surface area contributed by atoms with Crippen molar-refractivity contribution in [2.75, 3.05) is 11.9 Å². The average molecular weight is 341 g/mol. The Bertz CT molecular complexity index is 760. The van der Waals surface area contributed by atoms with Crippen molar-refractivity contribution in [1.82, 2.24) is 9.36 Å². The maximum Gasteiger partial charge on any atom is 0.203 e. The van der Waals surface area contributed by atoms with Gasteiger partial charge in [-0.15, -0.1) is 0 Å². The number of hydrogen-bond donors (Lipinski definition) is 1. The smallest absolute Gasteiger partial charge is 0.203 e. The SMILES string of the molecule is O=C(CNc1nc(SCc2ccccc2)ns1)c1ccccc1. The molecule has 0 atom stereocenters. The van der Waals surface area contributed by atoms with E-state index in [4.69, 9.17) is 0 Å². The number of Topliss-reactive ketones (excluding diaryl/α,β-unsaturated/α-hetero) is 1. The van der Waals surface area contributed by atoms with Gasteiger partial charge >= 0.3 is 0 Å². The Morgan fingerprint density at radius 1 is 1.04 bits per heavy atom. The van der Waals surface area contributed by atoms with Crippen LogP contribution < -0.4 is 5.32 Å². The molecule has 0 aliphatic carbocycles. The van der Waals surface area contributed by atoms with Gasteiger partial charge in [-0.25, -0.2) is 0 Å². The Morgan fingerprint density at radius 2 is 1.74 bits per heavy atom. The Balaban J connectivity index is 1.50. The van der Waals surface area contributed by atoms with E-state index in [1.165, 1.54) is 17.1 Å². The lowest BCUT2D eigenvalue weighted by Gasteiger charge is -2.01. The molecule has 116 valence electrons. The van der Waals surface area contributed by atoms with E-state index in [9.17, 15) is 4.79 Å². The lowest BCUT2D eigenvalue weighted by molar-refractivity contribution is 0.101. The van der Waals surface area contributed by atoms with E-state index in [1.54, 1.807) is 11.8 Å². The monoisotopic (exact) mass is 341 g/mol. The number of thioether (sulfide) groups is 1. The molecule has 1 aromatic heterocycles. The van der Waals surface area contributed by atoms with E-state index in [-0.39, 0.29) is 12.3 Å². The molecule has 2 aromatic carbocycles. The quantitative estimate of drug-likeness (QED) is 0.517. The predicted molar refractivity (Wildman–Crippen MR) is 95.2 cm³/mol. The zero-order chi connectivity index (χ0) is 15.9. The first kappa shape index (κ1) is 15.7. The minimum Gasteiger partial charge on any atom is -0.353 e. The summed E-state index contributed by atoms with van der Waals surface area (Å²) in [6.45, 7) is 0.224. The molecule has 0 unspecified atom stereocenters. The van der Waals surface area contributed by atoms with Gasteiger partial charge in [-0.3, -0.25) is 4.79 Å². The number of carbonyl (C=O) groups is 1. The standard InChI is InChI=1S/C17H15N3OS2/c21-15(14-9-5-2-6-10-14)11-18-16-19-17(20-23-16)22-12-13-7-3-1-4-8-13/h1-10H,11-12H2,(H,18,19,20). The Hall–Kier alpha value is -2.18. The first-order valence-corrected chi connectivity index (χ1v) is 8.90. The van der Waals surface area contributed by atoms with Gasteiger partial charge < -0.3 is 5.32 Å². The van der Waals surface area contributed by atoms with E-state index in [0.717, 1.165) is 10.9 Å². The highest BCUT2D eigenvalue weighted by molar-refractivity contribution is 7.98. The number of benzene rings is 2.